The zero-order valence-corrected chi connectivity index (χ0v) is 11.0. The van der Waals surface area contributed by atoms with Gasteiger partial charge in [0.25, 0.3) is 0 Å². The molecule has 0 aromatic rings. The normalized spacial score (nSPS) is 16.7. The van der Waals surface area contributed by atoms with Crippen molar-refractivity contribution >= 4 is 13.4 Å². The molecule has 0 saturated carbocycles. The molecule has 0 aliphatic rings. The van der Waals surface area contributed by atoms with E-state index in [1.807, 2.05) is 0 Å². The maximum atomic E-state index is 12.7. The Bertz CT molecular complexity index is 350. The third-order valence-corrected chi connectivity index (χ3v) is 4.35. The molecule has 0 saturated heterocycles. The maximum Gasteiger partial charge on any atom is 0.418 e. The molecule has 4 N–H and O–H groups in total. The molecule has 0 aliphatic heterocycles. The van der Waals surface area contributed by atoms with Gasteiger partial charge in [-0.25, -0.2) is 0 Å². The van der Waals surface area contributed by atoms with E-state index >= 15 is 0 Å². The van der Waals surface area contributed by atoms with E-state index in [0.717, 1.165) is 0 Å². The molecule has 18 heavy (non-hydrogen) atoms. The summed E-state index contributed by atoms with van der Waals surface area (Å²) in [4.78, 5) is 29.1. The Hall–Kier alpha value is -0.430. The molecule has 108 valence electrons. The van der Waals surface area contributed by atoms with Gasteiger partial charge in [-0.3, -0.25) is 9.36 Å². The van der Waals surface area contributed by atoms with Crippen LogP contribution in [0.25, 0.3) is 0 Å². The van der Waals surface area contributed by atoms with Gasteiger partial charge < -0.3 is 15.5 Å². The maximum absolute atomic E-state index is 12.7. The van der Waals surface area contributed by atoms with E-state index in [9.17, 15) is 22.5 Å². The number of carbonyl (C=O) groups excluding carboxylic acids is 1. The molecule has 0 unspecified atom stereocenters. The van der Waals surface area contributed by atoms with Gasteiger partial charge >= 0.3 is 13.8 Å². The van der Waals surface area contributed by atoms with Crippen molar-refractivity contribution in [3.63, 3.8) is 0 Å². The van der Waals surface area contributed by atoms with Crippen molar-refractivity contribution in [2.45, 2.75) is 44.6 Å². The number of Topliss-reactive ketones (excluding diaryl/α,β-unsaturated/α-hetero) is 1. The summed E-state index contributed by atoms with van der Waals surface area (Å²) >= 11 is 0. The van der Waals surface area contributed by atoms with Crippen molar-refractivity contribution in [1.82, 2.24) is 0 Å². The molecule has 5 nitrogen and oxygen atoms in total. The van der Waals surface area contributed by atoms with Crippen LogP contribution in [0.3, 0.4) is 0 Å². The lowest BCUT2D eigenvalue weighted by Gasteiger charge is -2.32. The minimum atomic E-state index is -5.69. The highest BCUT2D eigenvalue weighted by molar-refractivity contribution is 7.53. The van der Waals surface area contributed by atoms with Gasteiger partial charge in [-0.05, 0) is 12.8 Å². The number of alkyl halides is 3. The molecule has 0 fully saturated rings. The summed E-state index contributed by atoms with van der Waals surface area (Å²) in [5.74, 6) is -1.56. The fourth-order valence-corrected chi connectivity index (χ4v) is 2.21. The SMILES string of the molecule is CCC(CC)C(=O)C[C@@](N)(C(F)(F)F)P(=O)(O)O. The summed E-state index contributed by atoms with van der Waals surface area (Å²) in [6.45, 7) is 3.21. The van der Waals surface area contributed by atoms with Gasteiger partial charge in [0, 0.05) is 12.3 Å². The summed E-state index contributed by atoms with van der Waals surface area (Å²) in [7, 11) is -5.69. The van der Waals surface area contributed by atoms with Gasteiger partial charge in [0.2, 0.25) is 5.28 Å². The summed E-state index contributed by atoms with van der Waals surface area (Å²) in [5, 5.41) is -3.81. The van der Waals surface area contributed by atoms with E-state index in [4.69, 9.17) is 15.5 Å². The minimum Gasteiger partial charge on any atom is -0.323 e. The van der Waals surface area contributed by atoms with Crippen LogP contribution in [0.5, 0.6) is 0 Å². The number of halogens is 3. The van der Waals surface area contributed by atoms with Crippen molar-refractivity contribution < 1.29 is 32.3 Å². The van der Waals surface area contributed by atoms with E-state index < -0.39 is 37.2 Å². The van der Waals surface area contributed by atoms with Crippen LogP contribution in [0, 0.1) is 5.92 Å². The van der Waals surface area contributed by atoms with Crippen molar-refractivity contribution in [3.05, 3.63) is 0 Å². The van der Waals surface area contributed by atoms with Crippen LogP contribution in [0.1, 0.15) is 33.1 Å². The predicted octanol–water partition coefficient (Wildman–Crippen LogP) is 1.78. The fraction of sp³-hybridized carbons (Fsp3) is 0.889. The summed E-state index contributed by atoms with van der Waals surface area (Å²) in [5.41, 5.74) is 4.79. The second-order valence-electron chi connectivity index (χ2n) is 4.12. The number of nitrogens with two attached hydrogens (primary N) is 1. The summed E-state index contributed by atoms with van der Waals surface area (Å²) in [6.07, 6.45) is -6.17. The van der Waals surface area contributed by atoms with Gasteiger partial charge in [-0.15, -0.1) is 0 Å². The van der Waals surface area contributed by atoms with Gasteiger partial charge in [-0.1, -0.05) is 13.8 Å². The second kappa shape index (κ2) is 5.69. The Labute approximate surface area is 103 Å². The average Bonchev–Trinajstić information content (AvgIpc) is 2.15. The topological polar surface area (TPSA) is 101 Å². The van der Waals surface area contributed by atoms with Gasteiger partial charge in [0.05, 0.1) is 0 Å². The molecule has 0 radical (unpaired) electrons. The van der Waals surface area contributed by atoms with Crippen LogP contribution in [0.2, 0.25) is 0 Å². The largest absolute Gasteiger partial charge is 0.418 e. The second-order valence-corrected chi connectivity index (χ2v) is 6.01. The Morgan fingerprint density at radius 2 is 1.67 bits per heavy atom. The average molecular weight is 291 g/mol. The first-order valence-corrected chi connectivity index (χ1v) is 6.95. The van der Waals surface area contributed by atoms with Crippen LogP contribution in [-0.2, 0) is 9.36 Å². The van der Waals surface area contributed by atoms with E-state index in [0.29, 0.717) is 12.8 Å². The quantitative estimate of drug-likeness (QED) is 0.647. The van der Waals surface area contributed by atoms with E-state index in [1.165, 1.54) is 0 Å². The van der Waals surface area contributed by atoms with E-state index in [1.54, 1.807) is 13.8 Å². The predicted molar refractivity (Wildman–Crippen MR) is 58.7 cm³/mol. The third kappa shape index (κ3) is 3.54. The molecule has 0 heterocycles. The third-order valence-electron chi connectivity index (χ3n) is 2.90. The molecular formula is C9H17F3NO4P. The molecule has 0 aliphatic carbocycles. The monoisotopic (exact) mass is 291 g/mol. The lowest BCUT2D eigenvalue weighted by molar-refractivity contribution is -0.171. The first-order valence-electron chi connectivity index (χ1n) is 5.34. The standard InChI is InChI=1S/C9H17F3NO4P/c1-3-6(4-2)7(14)5-8(13,9(10,11)12)18(15,16)17/h6H,3-5,13H2,1-2H3,(H2,15,16,17)/t8-/m0/s1. The number of rotatable bonds is 6. The number of ketones is 1. The zero-order chi connectivity index (χ0) is 14.8. The van der Waals surface area contributed by atoms with Gasteiger partial charge in [-0.2, -0.15) is 13.2 Å². The number of carbonyl (C=O) groups is 1. The molecule has 9 heteroatoms. The smallest absolute Gasteiger partial charge is 0.323 e. The molecule has 0 amide bonds. The lowest BCUT2D eigenvalue weighted by atomic mass is 9.93. The Morgan fingerprint density at radius 1 is 1.28 bits per heavy atom. The first kappa shape index (κ1) is 17.6. The molecule has 0 bridgehead atoms. The Balaban J connectivity index is 5.31. The minimum absolute atomic E-state index is 0.296. The highest BCUT2D eigenvalue weighted by Gasteiger charge is 2.64. The molecule has 1 atom stereocenters. The van der Waals surface area contributed by atoms with E-state index in [-0.39, 0.29) is 0 Å². The van der Waals surface area contributed by atoms with Crippen molar-refractivity contribution in [3.8, 4) is 0 Å². The van der Waals surface area contributed by atoms with Crippen LogP contribution in [0.15, 0.2) is 0 Å². The highest BCUT2D eigenvalue weighted by Crippen LogP contribution is 2.57. The molecular weight excluding hydrogens is 274 g/mol. The fourth-order valence-electron chi connectivity index (χ4n) is 1.52. The van der Waals surface area contributed by atoms with Crippen molar-refractivity contribution in [2.24, 2.45) is 11.7 Å². The summed E-state index contributed by atoms with van der Waals surface area (Å²) in [6, 6.07) is 0. The molecule has 0 aromatic carbocycles. The van der Waals surface area contributed by atoms with Gasteiger partial charge in [0.15, 0.2) is 0 Å². The van der Waals surface area contributed by atoms with E-state index in [2.05, 4.69) is 0 Å². The summed E-state index contributed by atoms with van der Waals surface area (Å²) < 4.78 is 48.9. The van der Waals surface area contributed by atoms with Crippen molar-refractivity contribution in [2.75, 3.05) is 0 Å². The van der Waals surface area contributed by atoms with Crippen LogP contribution < -0.4 is 5.73 Å². The lowest BCUT2D eigenvalue weighted by Crippen LogP contribution is -2.54. The number of hydrogen-bond donors (Lipinski definition) is 3. The highest BCUT2D eigenvalue weighted by atomic mass is 31.2. The Morgan fingerprint density at radius 3 is 1.89 bits per heavy atom. The van der Waals surface area contributed by atoms with Crippen molar-refractivity contribution in [1.29, 1.82) is 0 Å². The van der Waals surface area contributed by atoms with Gasteiger partial charge in [0.1, 0.15) is 5.78 Å². The van der Waals surface area contributed by atoms with Crippen LogP contribution in [0.4, 0.5) is 13.2 Å². The number of hydrogen-bond acceptors (Lipinski definition) is 3. The molecule has 0 aromatic heterocycles. The van der Waals surface area contributed by atoms with Crippen LogP contribution in [-0.4, -0.2) is 27.0 Å². The zero-order valence-electron chi connectivity index (χ0n) is 10.1. The Kier molecular flexibility index (Phi) is 5.55. The molecule has 0 spiro atoms. The molecule has 0 rings (SSSR count). The first-order chi connectivity index (χ1) is 7.90. The van der Waals surface area contributed by atoms with Crippen LogP contribution >= 0.6 is 7.60 Å².